The van der Waals surface area contributed by atoms with Crippen molar-refractivity contribution in [3.05, 3.63) is 53.6 Å². The number of nitrogens with one attached hydrogen (secondary N) is 2. The number of benzene rings is 1. The standard InChI is InChI=1S/C18H23N2O2.2C2H6.K/c1-3-5-7-15(4-2)16-8-10-17(11-9-16)18(22)20-13-6-12-19-14-21;2*1-2;/h4-5,7-11H,3,6,12-13H2,1-2H3,(H,19,21)(H,20,22);2*1-2H3;/q-1;;;+1/b7-5-,15-4+;;;. The molecular weight excluding hydrogens is 363 g/mol. The molecule has 0 fully saturated rings. The summed E-state index contributed by atoms with van der Waals surface area (Å²) in [6.45, 7) is 13.1. The van der Waals surface area contributed by atoms with Crippen LogP contribution >= 0.6 is 0 Å². The third-order valence-electron chi connectivity index (χ3n) is 3.16. The number of carbonyl (C=O) groups is 1. The molecule has 27 heavy (non-hydrogen) atoms. The number of amides is 2. The van der Waals surface area contributed by atoms with Crippen molar-refractivity contribution >= 4 is 17.9 Å². The van der Waals surface area contributed by atoms with Gasteiger partial charge in [-0.1, -0.05) is 65.0 Å². The van der Waals surface area contributed by atoms with Gasteiger partial charge in [-0.3, -0.25) is 4.79 Å². The molecule has 146 valence electrons. The van der Waals surface area contributed by atoms with Crippen LogP contribution in [0.1, 0.15) is 70.3 Å². The molecule has 0 saturated heterocycles. The van der Waals surface area contributed by atoms with Crippen molar-refractivity contribution in [2.75, 3.05) is 13.1 Å². The molecule has 0 unspecified atom stereocenters. The van der Waals surface area contributed by atoms with Crippen LogP contribution < -0.4 is 62.0 Å². The summed E-state index contributed by atoms with van der Waals surface area (Å²) in [5, 5.41) is 5.25. The van der Waals surface area contributed by atoms with Gasteiger partial charge in [0, 0.05) is 12.1 Å². The van der Waals surface area contributed by atoms with E-state index in [2.05, 4.69) is 35.8 Å². The molecule has 1 aromatic rings. The first kappa shape index (κ1) is 31.0. The zero-order valence-corrected chi connectivity index (χ0v) is 21.3. The van der Waals surface area contributed by atoms with Gasteiger partial charge < -0.3 is 15.4 Å². The van der Waals surface area contributed by atoms with E-state index in [0.717, 1.165) is 17.6 Å². The predicted octanol–water partition coefficient (Wildman–Crippen LogP) is 1.89. The Morgan fingerprint density at radius 3 is 2.07 bits per heavy atom. The van der Waals surface area contributed by atoms with Gasteiger partial charge in [0.2, 0.25) is 0 Å². The fraction of sp³-hybridized carbons (Fsp3) is 0.455. The van der Waals surface area contributed by atoms with Gasteiger partial charge in [0.05, 0.1) is 0 Å². The number of rotatable bonds is 9. The monoisotopic (exact) mass is 398 g/mol. The van der Waals surface area contributed by atoms with Crippen LogP contribution in [0.5, 0.6) is 0 Å². The number of hydrogen-bond acceptors (Lipinski definition) is 2. The van der Waals surface area contributed by atoms with Crippen molar-refractivity contribution < 1.29 is 61.0 Å². The molecule has 0 aliphatic rings. The Morgan fingerprint density at radius 1 is 1.04 bits per heavy atom. The molecule has 0 aromatic heterocycles. The SMILES string of the molecule is C/C=C(\C=C/CC)c1ccc(C(=O)NCCCN[C-]=O)cc1.CC.CC.[K+]. The minimum Gasteiger partial charge on any atom is -0.530 e. The minimum absolute atomic E-state index is 0. The van der Waals surface area contributed by atoms with Gasteiger partial charge in [-0.25, -0.2) is 0 Å². The number of allylic oxidation sites excluding steroid dienone is 4. The van der Waals surface area contributed by atoms with Gasteiger partial charge in [0.15, 0.2) is 0 Å². The molecule has 0 saturated carbocycles. The van der Waals surface area contributed by atoms with Crippen LogP contribution in [-0.2, 0) is 4.79 Å². The van der Waals surface area contributed by atoms with E-state index >= 15 is 0 Å². The molecule has 0 aliphatic carbocycles. The molecule has 0 atom stereocenters. The molecule has 0 bridgehead atoms. The maximum absolute atomic E-state index is 12.0. The van der Waals surface area contributed by atoms with Crippen LogP contribution in [-0.4, -0.2) is 25.4 Å². The van der Waals surface area contributed by atoms with Gasteiger partial charge in [-0.05, 0) is 49.6 Å². The van der Waals surface area contributed by atoms with Gasteiger partial charge in [-0.2, -0.15) is 6.41 Å². The molecule has 0 radical (unpaired) electrons. The summed E-state index contributed by atoms with van der Waals surface area (Å²) in [5.41, 5.74) is 2.87. The van der Waals surface area contributed by atoms with Gasteiger partial charge in [0.1, 0.15) is 0 Å². The molecular formula is C22H35KN2O2. The number of hydrogen-bond donors (Lipinski definition) is 2. The third kappa shape index (κ3) is 14.9. The fourth-order valence-corrected chi connectivity index (χ4v) is 1.95. The second-order valence-corrected chi connectivity index (χ2v) is 4.77. The van der Waals surface area contributed by atoms with Gasteiger partial charge in [0.25, 0.3) is 5.91 Å². The normalized spacial score (nSPS) is 9.78. The molecule has 2 N–H and O–H groups in total. The zero-order valence-electron chi connectivity index (χ0n) is 18.2. The molecule has 1 aromatic carbocycles. The molecule has 0 heterocycles. The van der Waals surface area contributed by atoms with Crippen LogP contribution in [0.4, 0.5) is 0 Å². The summed E-state index contributed by atoms with van der Waals surface area (Å²) < 4.78 is 0. The van der Waals surface area contributed by atoms with Crippen LogP contribution in [0.3, 0.4) is 0 Å². The predicted molar refractivity (Wildman–Crippen MR) is 113 cm³/mol. The summed E-state index contributed by atoms with van der Waals surface area (Å²) in [6, 6.07) is 7.55. The Hall–Kier alpha value is -0.724. The Balaban J connectivity index is -0.00000108. The smallest absolute Gasteiger partial charge is 0.530 e. The average molecular weight is 399 g/mol. The zero-order chi connectivity index (χ0) is 20.2. The molecule has 0 aliphatic heterocycles. The van der Waals surface area contributed by atoms with Crippen LogP contribution in [0.2, 0.25) is 0 Å². The van der Waals surface area contributed by atoms with E-state index < -0.39 is 0 Å². The van der Waals surface area contributed by atoms with Crippen molar-refractivity contribution in [2.45, 2.75) is 54.4 Å². The van der Waals surface area contributed by atoms with Crippen molar-refractivity contribution in [1.29, 1.82) is 0 Å². The summed E-state index contributed by atoms with van der Waals surface area (Å²) >= 11 is 0. The first-order valence-corrected chi connectivity index (χ1v) is 9.54. The van der Waals surface area contributed by atoms with Gasteiger partial charge in [-0.15, -0.1) is 0 Å². The maximum Gasteiger partial charge on any atom is 1.00 e. The maximum atomic E-state index is 12.0. The van der Waals surface area contributed by atoms with E-state index in [1.54, 1.807) is 6.41 Å². The van der Waals surface area contributed by atoms with Gasteiger partial charge >= 0.3 is 51.4 Å². The number of carbonyl (C=O) groups excluding carboxylic acids is 2. The summed E-state index contributed by atoms with van der Waals surface area (Å²) in [4.78, 5) is 21.9. The van der Waals surface area contributed by atoms with Crippen molar-refractivity contribution in [3.8, 4) is 0 Å². The topological polar surface area (TPSA) is 58.2 Å². The van der Waals surface area contributed by atoms with Crippen molar-refractivity contribution in [1.82, 2.24) is 10.6 Å². The van der Waals surface area contributed by atoms with E-state index in [-0.39, 0.29) is 57.3 Å². The summed E-state index contributed by atoms with van der Waals surface area (Å²) in [5.74, 6) is -0.104. The van der Waals surface area contributed by atoms with Crippen molar-refractivity contribution in [2.24, 2.45) is 0 Å². The Morgan fingerprint density at radius 2 is 1.59 bits per heavy atom. The van der Waals surface area contributed by atoms with Crippen LogP contribution in [0.15, 0.2) is 42.5 Å². The van der Waals surface area contributed by atoms with Crippen LogP contribution in [0.25, 0.3) is 5.57 Å². The molecule has 4 nitrogen and oxygen atoms in total. The molecule has 0 spiro atoms. The summed E-state index contributed by atoms with van der Waals surface area (Å²) in [7, 11) is 0. The van der Waals surface area contributed by atoms with Crippen LogP contribution in [0, 0.1) is 0 Å². The van der Waals surface area contributed by atoms with E-state index in [4.69, 9.17) is 0 Å². The fourth-order valence-electron chi connectivity index (χ4n) is 1.95. The van der Waals surface area contributed by atoms with Crippen molar-refractivity contribution in [3.63, 3.8) is 0 Å². The Bertz CT molecular complexity index is 538. The molecule has 5 heteroatoms. The minimum atomic E-state index is -0.104. The third-order valence-corrected chi connectivity index (χ3v) is 3.16. The average Bonchev–Trinajstić information content (AvgIpc) is 2.71. The molecule has 2 amide bonds. The summed E-state index contributed by atoms with van der Waals surface area (Å²) in [6.07, 6.45) is 9.53. The first-order chi connectivity index (χ1) is 12.7. The van der Waals surface area contributed by atoms with E-state index in [1.165, 1.54) is 0 Å². The van der Waals surface area contributed by atoms with E-state index in [1.807, 2.05) is 58.9 Å². The Labute approximate surface area is 208 Å². The van der Waals surface area contributed by atoms with E-state index in [9.17, 15) is 9.59 Å². The van der Waals surface area contributed by atoms with E-state index in [0.29, 0.717) is 25.1 Å². The second-order valence-electron chi connectivity index (χ2n) is 4.77. The Kier molecular flexibility index (Phi) is 26.8. The largest absolute Gasteiger partial charge is 1.00 e. The molecule has 1 rings (SSSR count). The second kappa shape index (κ2) is 23.3. The first-order valence-electron chi connectivity index (χ1n) is 9.54. The quantitative estimate of drug-likeness (QED) is 0.219.